The van der Waals surface area contributed by atoms with Gasteiger partial charge in [0.15, 0.2) is 0 Å². The third-order valence-corrected chi connectivity index (χ3v) is 7.93. The van der Waals surface area contributed by atoms with Crippen molar-refractivity contribution in [3.05, 3.63) is 112 Å². The molecule has 0 aliphatic carbocycles. The molecule has 0 radical (unpaired) electrons. The van der Waals surface area contributed by atoms with Gasteiger partial charge in [0, 0.05) is 23.0 Å². The van der Waals surface area contributed by atoms with E-state index in [9.17, 15) is 14.4 Å². The maximum absolute atomic E-state index is 14.3. The van der Waals surface area contributed by atoms with Crippen LogP contribution in [0.3, 0.4) is 0 Å². The zero-order chi connectivity index (χ0) is 28.8. The van der Waals surface area contributed by atoms with Crippen LogP contribution < -0.4 is 10.9 Å². The summed E-state index contributed by atoms with van der Waals surface area (Å²) in [6.07, 6.45) is 2.08. The zero-order valence-corrected chi connectivity index (χ0v) is 23.7. The van der Waals surface area contributed by atoms with Gasteiger partial charge in [-0.3, -0.25) is 23.9 Å². The standard InChI is InChI=1S/C34H37N3O4/c1-3-29(24-13-7-5-8-14-24)35-32(38)31-27-17-11-12-18-28(27)33(39)37(26-15-9-6-10-16-26)30(31)23-36-21-19-25(20-22-36)34(40)41-4-2/h5-18,25,29H,3-4,19-23H2,1-2H3,(H,35,38). The number of ether oxygens (including phenoxy) is 1. The van der Waals surface area contributed by atoms with Gasteiger partial charge in [-0.15, -0.1) is 0 Å². The minimum absolute atomic E-state index is 0.127. The number of piperidine rings is 1. The smallest absolute Gasteiger partial charge is 0.309 e. The lowest BCUT2D eigenvalue weighted by Gasteiger charge is -2.32. The number of likely N-dealkylation sites (tertiary alicyclic amines) is 1. The Kier molecular flexibility index (Phi) is 8.95. The molecular formula is C34H37N3O4. The van der Waals surface area contributed by atoms with E-state index in [1.807, 2.05) is 85.8 Å². The van der Waals surface area contributed by atoms with E-state index in [1.165, 1.54) is 0 Å². The molecule has 4 aromatic rings. The van der Waals surface area contributed by atoms with E-state index >= 15 is 0 Å². The van der Waals surface area contributed by atoms with Crippen molar-refractivity contribution in [3.8, 4) is 5.69 Å². The third-order valence-electron chi connectivity index (χ3n) is 7.93. The van der Waals surface area contributed by atoms with Gasteiger partial charge in [-0.1, -0.05) is 73.7 Å². The predicted molar refractivity (Wildman–Crippen MR) is 161 cm³/mol. The number of pyridine rings is 1. The highest BCUT2D eigenvalue weighted by atomic mass is 16.5. The maximum Gasteiger partial charge on any atom is 0.309 e. The summed E-state index contributed by atoms with van der Waals surface area (Å²) >= 11 is 0. The van der Waals surface area contributed by atoms with Crippen molar-refractivity contribution < 1.29 is 14.3 Å². The topological polar surface area (TPSA) is 80.6 Å². The minimum Gasteiger partial charge on any atom is -0.466 e. The van der Waals surface area contributed by atoms with Gasteiger partial charge >= 0.3 is 5.97 Å². The van der Waals surface area contributed by atoms with Gasteiger partial charge in [-0.2, -0.15) is 0 Å². The Bertz CT molecular complexity index is 1560. The molecule has 1 unspecified atom stereocenters. The Morgan fingerprint density at radius 3 is 2.12 bits per heavy atom. The number of nitrogens with zero attached hydrogens (tertiary/aromatic N) is 2. The van der Waals surface area contributed by atoms with Crippen molar-refractivity contribution >= 4 is 22.6 Å². The van der Waals surface area contributed by atoms with Crippen LogP contribution in [0.5, 0.6) is 0 Å². The fraction of sp³-hybridized carbons (Fsp3) is 0.324. The molecule has 3 aromatic carbocycles. The van der Waals surface area contributed by atoms with Gasteiger partial charge in [-0.05, 0) is 63.0 Å². The average Bonchev–Trinajstić information content (AvgIpc) is 3.01. The number of hydrogen-bond donors (Lipinski definition) is 1. The molecule has 1 atom stereocenters. The number of benzene rings is 3. The van der Waals surface area contributed by atoms with Crippen LogP contribution in [0.1, 0.15) is 60.8 Å². The summed E-state index contributed by atoms with van der Waals surface area (Å²) in [6.45, 7) is 5.98. The predicted octanol–water partition coefficient (Wildman–Crippen LogP) is 5.65. The summed E-state index contributed by atoms with van der Waals surface area (Å²) in [5, 5.41) is 4.41. The molecule has 2 heterocycles. The lowest BCUT2D eigenvalue weighted by atomic mass is 9.95. The summed E-state index contributed by atoms with van der Waals surface area (Å²) in [4.78, 5) is 42.9. The van der Waals surface area contributed by atoms with Crippen LogP contribution >= 0.6 is 0 Å². The fourth-order valence-corrected chi connectivity index (χ4v) is 5.79. The minimum atomic E-state index is -0.210. The second-order valence-electron chi connectivity index (χ2n) is 10.5. The Hall–Kier alpha value is -4.23. The molecule has 7 heteroatoms. The molecular weight excluding hydrogens is 514 g/mol. The number of esters is 1. The molecule has 41 heavy (non-hydrogen) atoms. The summed E-state index contributed by atoms with van der Waals surface area (Å²) in [5.41, 5.74) is 2.74. The van der Waals surface area contributed by atoms with Crippen molar-refractivity contribution in [2.45, 2.75) is 45.7 Å². The van der Waals surface area contributed by atoms with Crippen LogP contribution in [-0.4, -0.2) is 41.0 Å². The zero-order valence-electron chi connectivity index (χ0n) is 23.7. The van der Waals surface area contributed by atoms with E-state index in [0.717, 1.165) is 12.0 Å². The Balaban J connectivity index is 1.60. The molecule has 212 valence electrons. The number of carbonyl (C=O) groups is 2. The average molecular weight is 552 g/mol. The van der Waals surface area contributed by atoms with E-state index in [-0.39, 0.29) is 29.4 Å². The molecule has 7 nitrogen and oxygen atoms in total. The first-order valence-corrected chi connectivity index (χ1v) is 14.5. The highest BCUT2D eigenvalue weighted by molar-refractivity contribution is 6.08. The van der Waals surface area contributed by atoms with Crippen LogP contribution in [0.4, 0.5) is 0 Å². The fourth-order valence-electron chi connectivity index (χ4n) is 5.79. The molecule has 1 aromatic heterocycles. The van der Waals surface area contributed by atoms with Gasteiger partial charge in [0.2, 0.25) is 0 Å². The molecule has 0 bridgehead atoms. The van der Waals surface area contributed by atoms with Crippen LogP contribution in [-0.2, 0) is 16.1 Å². The number of aromatic nitrogens is 1. The Morgan fingerprint density at radius 1 is 0.878 bits per heavy atom. The molecule has 1 amide bonds. The number of nitrogens with one attached hydrogen (secondary N) is 1. The maximum atomic E-state index is 14.3. The number of rotatable bonds is 9. The molecule has 1 saturated heterocycles. The molecule has 0 spiro atoms. The number of para-hydroxylation sites is 1. The van der Waals surface area contributed by atoms with Crippen molar-refractivity contribution in [2.24, 2.45) is 5.92 Å². The quantitative estimate of drug-likeness (QED) is 0.272. The number of fused-ring (bicyclic) bond motifs is 1. The molecule has 1 aliphatic heterocycles. The molecule has 5 rings (SSSR count). The largest absolute Gasteiger partial charge is 0.466 e. The highest BCUT2D eigenvalue weighted by Gasteiger charge is 2.29. The van der Waals surface area contributed by atoms with Crippen molar-refractivity contribution in [1.82, 2.24) is 14.8 Å². The van der Waals surface area contributed by atoms with Crippen molar-refractivity contribution in [1.29, 1.82) is 0 Å². The summed E-state index contributed by atoms with van der Waals surface area (Å²) in [5.74, 6) is -0.485. The number of hydrogen-bond acceptors (Lipinski definition) is 5. The summed E-state index contributed by atoms with van der Waals surface area (Å²) < 4.78 is 6.95. The van der Waals surface area contributed by atoms with Crippen LogP contribution in [0.2, 0.25) is 0 Å². The lowest BCUT2D eigenvalue weighted by molar-refractivity contribution is -0.149. The van der Waals surface area contributed by atoms with Gasteiger partial charge in [0.1, 0.15) is 0 Å². The van der Waals surface area contributed by atoms with Crippen LogP contribution in [0.25, 0.3) is 16.5 Å². The third kappa shape index (κ3) is 6.10. The van der Waals surface area contributed by atoms with E-state index < -0.39 is 0 Å². The van der Waals surface area contributed by atoms with Crippen molar-refractivity contribution in [3.63, 3.8) is 0 Å². The lowest BCUT2D eigenvalue weighted by Crippen LogP contribution is -2.39. The van der Waals surface area contributed by atoms with Crippen LogP contribution in [0.15, 0.2) is 89.7 Å². The van der Waals surface area contributed by atoms with Gasteiger partial charge in [0.25, 0.3) is 11.5 Å². The molecule has 1 aliphatic rings. The van der Waals surface area contributed by atoms with Gasteiger partial charge in [0.05, 0.1) is 29.8 Å². The highest BCUT2D eigenvalue weighted by Crippen LogP contribution is 2.28. The Labute approximate surface area is 240 Å². The second-order valence-corrected chi connectivity index (χ2v) is 10.5. The van der Waals surface area contributed by atoms with Crippen LogP contribution in [0, 0.1) is 5.92 Å². The van der Waals surface area contributed by atoms with Gasteiger partial charge < -0.3 is 10.1 Å². The van der Waals surface area contributed by atoms with E-state index in [4.69, 9.17) is 4.74 Å². The number of amides is 1. The van der Waals surface area contributed by atoms with E-state index in [1.54, 1.807) is 10.6 Å². The van der Waals surface area contributed by atoms with Crippen molar-refractivity contribution in [2.75, 3.05) is 19.7 Å². The molecule has 0 saturated carbocycles. The molecule has 1 N–H and O–H groups in total. The second kappa shape index (κ2) is 13.0. The van der Waals surface area contributed by atoms with E-state index in [0.29, 0.717) is 66.8 Å². The monoisotopic (exact) mass is 551 g/mol. The first-order valence-electron chi connectivity index (χ1n) is 14.5. The SMILES string of the molecule is CCOC(=O)C1CCN(Cc2c(C(=O)NC(CC)c3ccccc3)c3ccccc3c(=O)n2-c2ccccc2)CC1. The first kappa shape index (κ1) is 28.3. The Morgan fingerprint density at radius 2 is 1.49 bits per heavy atom. The summed E-state index contributed by atoms with van der Waals surface area (Å²) in [6, 6.07) is 26.6. The van der Waals surface area contributed by atoms with Gasteiger partial charge in [-0.25, -0.2) is 0 Å². The summed E-state index contributed by atoms with van der Waals surface area (Å²) in [7, 11) is 0. The van der Waals surface area contributed by atoms with E-state index in [2.05, 4.69) is 17.1 Å². The number of carbonyl (C=O) groups excluding carboxylic acids is 2. The normalized spacial score (nSPS) is 15.0. The molecule has 1 fully saturated rings. The first-order chi connectivity index (χ1) is 20.0.